The van der Waals surface area contributed by atoms with Gasteiger partial charge in [0.25, 0.3) is 21.8 Å². The summed E-state index contributed by atoms with van der Waals surface area (Å²) in [5.41, 5.74) is 4.67. The number of hydrogen-bond donors (Lipinski definition) is 2. The van der Waals surface area contributed by atoms with Crippen molar-refractivity contribution in [3.8, 4) is 5.75 Å². The van der Waals surface area contributed by atoms with Gasteiger partial charge >= 0.3 is 0 Å². The molecule has 0 bridgehead atoms. The van der Waals surface area contributed by atoms with Gasteiger partial charge in [0.2, 0.25) is 0 Å². The zero-order valence-corrected chi connectivity index (χ0v) is 24.5. The van der Waals surface area contributed by atoms with E-state index in [-0.39, 0.29) is 16.5 Å². The Balaban J connectivity index is 1.53. The smallest absolute Gasteiger partial charge is 0.264 e. The number of ether oxygens (including phenoxy) is 1. The first kappa shape index (κ1) is 30.3. The second kappa shape index (κ2) is 13.8. The first-order valence-electron chi connectivity index (χ1n) is 13.0. The number of nitrogens with zero attached hydrogens (tertiary/aromatic N) is 2. The molecule has 4 rings (SSSR count). The Hall–Kier alpha value is -4.67. The van der Waals surface area contributed by atoms with Gasteiger partial charge in [-0.25, -0.2) is 13.8 Å². The van der Waals surface area contributed by atoms with E-state index in [0.717, 1.165) is 4.31 Å². The van der Waals surface area contributed by atoms with Gasteiger partial charge in [-0.2, -0.15) is 5.10 Å². The lowest BCUT2D eigenvalue weighted by Gasteiger charge is -2.25. The third-order valence-electron chi connectivity index (χ3n) is 6.03. The predicted octanol–water partition coefficient (Wildman–Crippen LogP) is 5.73. The Labute approximate surface area is 249 Å². The van der Waals surface area contributed by atoms with Gasteiger partial charge in [0.05, 0.1) is 22.9 Å². The Morgan fingerprint density at radius 1 is 0.881 bits per heavy atom. The molecule has 0 aliphatic heterocycles. The average molecular weight is 605 g/mol. The maximum Gasteiger partial charge on any atom is 0.264 e. The molecule has 2 N–H and O–H groups in total. The third-order valence-corrected chi connectivity index (χ3v) is 8.03. The van der Waals surface area contributed by atoms with Gasteiger partial charge in [0.1, 0.15) is 12.3 Å². The van der Waals surface area contributed by atoms with E-state index in [0.29, 0.717) is 39.9 Å². The minimum absolute atomic E-state index is 0.0282. The summed E-state index contributed by atoms with van der Waals surface area (Å²) in [6.45, 7) is 3.23. The van der Waals surface area contributed by atoms with Gasteiger partial charge < -0.3 is 10.1 Å². The van der Waals surface area contributed by atoms with Crippen LogP contribution in [0.5, 0.6) is 5.75 Å². The number of rotatable bonds is 11. The number of carbonyl (C=O) groups excluding carboxylic acids is 2. The topological polar surface area (TPSA) is 117 Å². The van der Waals surface area contributed by atoms with E-state index in [9.17, 15) is 18.0 Å². The molecule has 0 radical (unpaired) electrons. The monoisotopic (exact) mass is 604 g/mol. The van der Waals surface area contributed by atoms with Crippen LogP contribution in [-0.4, -0.2) is 39.1 Å². The molecule has 0 heterocycles. The standard InChI is InChI=1S/C31H29ClN4O5S/c1-3-41-29-18-8-7-17-28(29)36(42(39,40)27-15-5-4-6-16-27)21-30(37)35-34-22(2)23-11-10-14-26(20-23)33-31(38)24-12-9-13-25(32)19-24/h4-20H,3,21H2,1-2H3,(H,33,38)(H,35,37)/b34-22-. The zero-order chi connectivity index (χ0) is 30.1. The van der Waals surface area contributed by atoms with Crippen LogP contribution in [0.3, 0.4) is 0 Å². The van der Waals surface area contributed by atoms with E-state index < -0.39 is 22.5 Å². The summed E-state index contributed by atoms with van der Waals surface area (Å²) in [5, 5.41) is 7.44. The van der Waals surface area contributed by atoms with Crippen molar-refractivity contribution in [3.05, 3.63) is 119 Å². The molecule has 0 atom stereocenters. The van der Waals surface area contributed by atoms with E-state index in [4.69, 9.17) is 16.3 Å². The molecule has 0 fully saturated rings. The Bertz CT molecular complexity index is 1710. The van der Waals surface area contributed by atoms with E-state index in [2.05, 4.69) is 15.8 Å². The first-order chi connectivity index (χ1) is 20.2. The van der Waals surface area contributed by atoms with Crippen LogP contribution in [0.1, 0.15) is 29.8 Å². The van der Waals surface area contributed by atoms with Crippen molar-refractivity contribution < 1.29 is 22.7 Å². The molecule has 0 aromatic heterocycles. The van der Waals surface area contributed by atoms with E-state index in [1.165, 1.54) is 12.1 Å². The number of hydrazone groups is 1. The molecule has 4 aromatic rings. The normalized spacial score (nSPS) is 11.5. The fourth-order valence-corrected chi connectivity index (χ4v) is 5.63. The molecule has 0 saturated heterocycles. The Morgan fingerprint density at radius 2 is 1.57 bits per heavy atom. The molecule has 0 spiro atoms. The minimum atomic E-state index is -4.13. The highest BCUT2D eigenvalue weighted by Crippen LogP contribution is 2.32. The number of anilines is 2. The van der Waals surface area contributed by atoms with Gasteiger partial charge in [-0.05, 0) is 74.0 Å². The molecule has 9 nitrogen and oxygen atoms in total. The van der Waals surface area contributed by atoms with Crippen LogP contribution < -0.4 is 19.8 Å². The average Bonchev–Trinajstić information content (AvgIpc) is 2.99. The summed E-state index contributed by atoms with van der Waals surface area (Å²) in [7, 11) is -4.13. The van der Waals surface area contributed by atoms with Crippen LogP contribution >= 0.6 is 11.6 Å². The van der Waals surface area contributed by atoms with E-state index >= 15 is 0 Å². The SMILES string of the molecule is CCOc1ccccc1N(CC(=O)N/N=C(/C)c1cccc(NC(=O)c2cccc(Cl)c2)c1)S(=O)(=O)c1ccccc1. The van der Waals surface area contributed by atoms with Crippen molar-refractivity contribution in [2.24, 2.45) is 5.10 Å². The number of carbonyl (C=O) groups is 2. The summed E-state index contributed by atoms with van der Waals surface area (Å²) in [6, 6.07) is 28.0. The van der Waals surface area contributed by atoms with Crippen molar-refractivity contribution in [1.29, 1.82) is 0 Å². The lowest BCUT2D eigenvalue weighted by atomic mass is 10.1. The quantitative estimate of drug-likeness (QED) is 0.168. The van der Waals surface area contributed by atoms with Gasteiger partial charge in [0.15, 0.2) is 0 Å². The lowest BCUT2D eigenvalue weighted by molar-refractivity contribution is -0.119. The highest BCUT2D eigenvalue weighted by atomic mass is 35.5. The summed E-state index contributed by atoms with van der Waals surface area (Å²) in [6.07, 6.45) is 0. The molecule has 0 saturated carbocycles. The second-order valence-corrected chi connectivity index (χ2v) is 11.3. The van der Waals surface area contributed by atoms with E-state index in [1.54, 1.807) is 105 Å². The number of benzene rings is 4. The van der Waals surface area contributed by atoms with Crippen molar-refractivity contribution in [2.45, 2.75) is 18.7 Å². The van der Waals surface area contributed by atoms with Crippen LogP contribution in [-0.2, 0) is 14.8 Å². The van der Waals surface area contributed by atoms with Gasteiger partial charge in [0, 0.05) is 16.3 Å². The molecule has 42 heavy (non-hydrogen) atoms. The molecule has 0 aliphatic carbocycles. The van der Waals surface area contributed by atoms with Crippen molar-refractivity contribution in [3.63, 3.8) is 0 Å². The molecular formula is C31H29ClN4O5S. The van der Waals surface area contributed by atoms with E-state index in [1.807, 2.05) is 0 Å². The maximum atomic E-state index is 13.6. The highest BCUT2D eigenvalue weighted by molar-refractivity contribution is 7.92. The van der Waals surface area contributed by atoms with Crippen LogP contribution in [0.4, 0.5) is 11.4 Å². The number of amides is 2. The Morgan fingerprint density at radius 3 is 2.31 bits per heavy atom. The van der Waals surface area contributed by atoms with Crippen LogP contribution in [0, 0.1) is 0 Å². The molecule has 2 amide bonds. The van der Waals surface area contributed by atoms with Crippen LogP contribution in [0.2, 0.25) is 5.02 Å². The highest BCUT2D eigenvalue weighted by Gasteiger charge is 2.29. The second-order valence-electron chi connectivity index (χ2n) is 9.00. The summed E-state index contributed by atoms with van der Waals surface area (Å²) in [4.78, 5) is 25.7. The molecule has 0 aliphatic rings. The van der Waals surface area contributed by atoms with Crippen molar-refractivity contribution >= 4 is 50.5 Å². The first-order valence-corrected chi connectivity index (χ1v) is 14.8. The molecular weight excluding hydrogens is 576 g/mol. The maximum absolute atomic E-state index is 13.6. The van der Waals surface area contributed by atoms with Gasteiger partial charge in [-0.1, -0.05) is 60.1 Å². The number of para-hydroxylation sites is 2. The van der Waals surface area contributed by atoms with Gasteiger partial charge in [-0.15, -0.1) is 0 Å². The van der Waals surface area contributed by atoms with Gasteiger partial charge in [-0.3, -0.25) is 13.9 Å². The zero-order valence-electron chi connectivity index (χ0n) is 23.0. The predicted molar refractivity (Wildman–Crippen MR) is 165 cm³/mol. The van der Waals surface area contributed by atoms with Crippen LogP contribution in [0.15, 0.2) is 113 Å². The fraction of sp³-hybridized carbons (Fsp3) is 0.129. The third kappa shape index (κ3) is 7.54. The Kier molecular flexibility index (Phi) is 9.95. The summed E-state index contributed by atoms with van der Waals surface area (Å²) in [5.74, 6) is -0.668. The molecule has 11 heteroatoms. The number of sulfonamides is 1. The summed E-state index contributed by atoms with van der Waals surface area (Å²) >= 11 is 5.99. The fourth-order valence-electron chi connectivity index (χ4n) is 3.99. The van der Waals surface area contributed by atoms with Crippen molar-refractivity contribution in [2.75, 3.05) is 22.8 Å². The number of hydrogen-bond acceptors (Lipinski definition) is 6. The molecule has 4 aromatic carbocycles. The number of nitrogens with one attached hydrogen (secondary N) is 2. The lowest BCUT2D eigenvalue weighted by Crippen LogP contribution is -2.40. The number of halogens is 1. The largest absolute Gasteiger partial charge is 0.492 e. The summed E-state index contributed by atoms with van der Waals surface area (Å²) < 4.78 is 33.9. The van der Waals surface area contributed by atoms with Crippen LogP contribution in [0.25, 0.3) is 0 Å². The molecule has 216 valence electrons. The minimum Gasteiger partial charge on any atom is -0.492 e. The molecule has 0 unspecified atom stereocenters. The van der Waals surface area contributed by atoms with Crippen molar-refractivity contribution in [1.82, 2.24) is 5.43 Å².